The Labute approximate surface area is 188 Å². The summed E-state index contributed by atoms with van der Waals surface area (Å²) in [5, 5.41) is 0. The second kappa shape index (κ2) is 10.6. The largest absolute Gasteiger partial charge is 0.482 e. The molecule has 0 saturated heterocycles. The second-order valence-corrected chi connectivity index (χ2v) is 8.43. The van der Waals surface area contributed by atoms with Crippen LogP contribution in [0, 0.1) is 0 Å². The summed E-state index contributed by atoms with van der Waals surface area (Å²) in [6.07, 6.45) is 0.654. The molecule has 0 amide bonds. The second-order valence-electron chi connectivity index (χ2n) is 8.43. The van der Waals surface area contributed by atoms with Crippen molar-refractivity contribution in [1.82, 2.24) is 0 Å². The van der Waals surface area contributed by atoms with E-state index in [4.69, 9.17) is 14.2 Å². The van der Waals surface area contributed by atoms with Crippen molar-refractivity contribution < 1.29 is 23.8 Å². The van der Waals surface area contributed by atoms with Crippen LogP contribution in [-0.2, 0) is 21.4 Å². The zero-order chi connectivity index (χ0) is 23.0. The summed E-state index contributed by atoms with van der Waals surface area (Å²) in [4.78, 5) is 24.2. The molecule has 0 aromatic heterocycles. The SMILES string of the molecule is CC(C)(C)c1ccc(OCC(=O)Oc2ccc(C(=O)OCCc3ccccc3)cc2)cc1. The summed E-state index contributed by atoms with van der Waals surface area (Å²) in [5.74, 6) is -0.00464. The Morgan fingerprint density at radius 1 is 0.781 bits per heavy atom. The van der Waals surface area contributed by atoms with Crippen LogP contribution in [0.3, 0.4) is 0 Å². The maximum Gasteiger partial charge on any atom is 0.349 e. The lowest BCUT2D eigenvalue weighted by Crippen LogP contribution is -2.18. The quantitative estimate of drug-likeness (QED) is 0.354. The molecule has 0 bridgehead atoms. The van der Waals surface area contributed by atoms with Crippen LogP contribution in [0.25, 0.3) is 0 Å². The number of hydrogen-bond donors (Lipinski definition) is 0. The molecule has 0 aliphatic rings. The fourth-order valence-electron chi connectivity index (χ4n) is 3.00. The summed E-state index contributed by atoms with van der Waals surface area (Å²) in [5.41, 5.74) is 2.74. The molecule has 5 heteroatoms. The molecule has 3 aromatic carbocycles. The van der Waals surface area contributed by atoms with E-state index in [0.717, 1.165) is 5.56 Å². The van der Waals surface area contributed by atoms with Gasteiger partial charge in [-0.3, -0.25) is 0 Å². The topological polar surface area (TPSA) is 61.8 Å². The number of carbonyl (C=O) groups is 2. The van der Waals surface area contributed by atoms with E-state index in [1.807, 2.05) is 54.6 Å². The first-order valence-electron chi connectivity index (χ1n) is 10.6. The van der Waals surface area contributed by atoms with Gasteiger partial charge in [0.1, 0.15) is 11.5 Å². The number of esters is 2. The Balaban J connectivity index is 1.43. The van der Waals surface area contributed by atoms with E-state index in [0.29, 0.717) is 30.1 Å². The van der Waals surface area contributed by atoms with Gasteiger partial charge < -0.3 is 14.2 Å². The summed E-state index contributed by atoms with van der Waals surface area (Å²) < 4.78 is 16.1. The summed E-state index contributed by atoms with van der Waals surface area (Å²) in [7, 11) is 0. The van der Waals surface area contributed by atoms with Crippen LogP contribution in [0.1, 0.15) is 42.3 Å². The van der Waals surface area contributed by atoms with Gasteiger partial charge in [-0.2, -0.15) is 0 Å². The number of benzene rings is 3. The Kier molecular flexibility index (Phi) is 7.66. The van der Waals surface area contributed by atoms with Crippen molar-refractivity contribution in [3.63, 3.8) is 0 Å². The summed E-state index contributed by atoms with van der Waals surface area (Å²) in [6.45, 7) is 6.49. The van der Waals surface area contributed by atoms with Gasteiger partial charge in [0.15, 0.2) is 6.61 Å². The minimum absolute atomic E-state index is 0.0535. The highest BCUT2D eigenvalue weighted by molar-refractivity contribution is 5.89. The molecule has 0 N–H and O–H groups in total. The number of ether oxygens (including phenoxy) is 3. The molecular weight excluding hydrogens is 404 g/mol. The van der Waals surface area contributed by atoms with Crippen LogP contribution in [-0.4, -0.2) is 25.2 Å². The van der Waals surface area contributed by atoms with E-state index in [1.165, 1.54) is 5.56 Å². The van der Waals surface area contributed by atoms with Gasteiger partial charge in [0.05, 0.1) is 12.2 Å². The molecule has 0 aliphatic heterocycles. The van der Waals surface area contributed by atoms with E-state index in [9.17, 15) is 9.59 Å². The third-order valence-corrected chi connectivity index (χ3v) is 4.87. The van der Waals surface area contributed by atoms with Crippen molar-refractivity contribution in [2.75, 3.05) is 13.2 Å². The Morgan fingerprint density at radius 3 is 2.03 bits per heavy atom. The van der Waals surface area contributed by atoms with Gasteiger partial charge >= 0.3 is 11.9 Å². The number of rotatable bonds is 8. The summed E-state index contributed by atoms with van der Waals surface area (Å²) in [6, 6.07) is 23.7. The molecule has 3 rings (SSSR count). The minimum Gasteiger partial charge on any atom is -0.482 e. The van der Waals surface area contributed by atoms with Gasteiger partial charge in [-0.05, 0) is 52.9 Å². The standard InChI is InChI=1S/C27H28O5/c1-27(2,3)22-11-15-23(16-12-22)31-19-25(28)32-24-13-9-21(10-14-24)26(29)30-18-17-20-7-5-4-6-8-20/h4-16H,17-19H2,1-3H3. The molecule has 0 unspecified atom stereocenters. The van der Waals surface area contributed by atoms with E-state index in [2.05, 4.69) is 20.8 Å². The predicted octanol–water partition coefficient (Wildman–Crippen LogP) is 5.37. The van der Waals surface area contributed by atoms with E-state index < -0.39 is 11.9 Å². The number of hydrogen-bond acceptors (Lipinski definition) is 5. The van der Waals surface area contributed by atoms with Gasteiger partial charge in [0.25, 0.3) is 0 Å². The maximum atomic E-state index is 12.2. The van der Waals surface area contributed by atoms with E-state index in [-0.39, 0.29) is 12.0 Å². The van der Waals surface area contributed by atoms with Crippen LogP contribution in [0.5, 0.6) is 11.5 Å². The molecule has 0 spiro atoms. The maximum absolute atomic E-state index is 12.2. The van der Waals surface area contributed by atoms with Crippen LogP contribution >= 0.6 is 0 Å². The van der Waals surface area contributed by atoms with Crippen molar-refractivity contribution >= 4 is 11.9 Å². The van der Waals surface area contributed by atoms with Gasteiger partial charge in [-0.25, -0.2) is 9.59 Å². The number of carbonyl (C=O) groups excluding carboxylic acids is 2. The first kappa shape index (κ1) is 23.1. The fourth-order valence-corrected chi connectivity index (χ4v) is 3.00. The molecule has 0 saturated carbocycles. The Hall–Kier alpha value is -3.60. The predicted molar refractivity (Wildman–Crippen MR) is 123 cm³/mol. The van der Waals surface area contributed by atoms with Crippen molar-refractivity contribution in [2.24, 2.45) is 0 Å². The lowest BCUT2D eigenvalue weighted by atomic mass is 9.87. The van der Waals surface area contributed by atoms with Gasteiger partial charge in [-0.15, -0.1) is 0 Å². The summed E-state index contributed by atoms with van der Waals surface area (Å²) >= 11 is 0. The van der Waals surface area contributed by atoms with E-state index >= 15 is 0 Å². The molecule has 0 atom stereocenters. The van der Waals surface area contributed by atoms with Crippen LogP contribution < -0.4 is 9.47 Å². The van der Waals surface area contributed by atoms with Gasteiger partial charge in [-0.1, -0.05) is 63.2 Å². The van der Waals surface area contributed by atoms with Gasteiger partial charge in [0, 0.05) is 6.42 Å². The third kappa shape index (κ3) is 6.98. The Bertz CT molecular complexity index is 1020. The average Bonchev–Trinajstić information content (AvgIpc) is 2.78. The van der Waals surface area contributed by atoms with Crippen LogP contribution in [0.15, 0.2) is 78.9 Å². The zero-order valence-corrected chi connectivity index (χ0v) is 18.7. The van der Waals surface area contributed by atoms with Crippen LogP contribution in [0.2, 0.25) is 0 Å². The van der Waals surface area contributed by atoms with Crippen LogP contribution in [0.4, 0.5) is 0 Å². The first-order chi connectivity index (χ1) is 15.3. The smallest absolute Gasteiger partial charge is 0.349 e. The third-order valence-electron chi connectivity index (χ3n) is 4.87. The highest BCUT2D eigenvalue weighted by atomic mass is 16.6. The van der Waals surface area contributed by atoms with E-state index in [1.54, 1.807) is 24.3 Å². The zero-order valence-electron chi connectivity index (χ0n) is 18.7. The minimum atomic E-state index is -0.525. The monoisotopic (exact) mass is 432 g/mol. The highest BCUT2D eigenvalue weighted by Gasteiger charge is 2.14. The Morgan fingerprint density at radius 2 is 1.41 bits per heavy atom. The lowest BCUT2D eigenvalue weighted by molar-refractivity contribution is -0.136. The molecule has 166 valence electrons. The normalized spacial score (nSPS) is 11.0. The molecule has 3 aromatic rings. The van der Waals surface area contributed by atoms with Gasteiger partial charge in [0.2, 0.25) is 0 Å². The molecule has 32 heavy (non-hydrogen) atoms. The average molecular weight is 433 g/mol. The van der Waals surface area contributed by atoms with Crippen molar-refractivity contribution in [2.45, 2.75) is 32.6 Å². The lowest BCUT2D eigenvalue weighted by Gasteiger charge is -2.19. The first-order valence-corrected chi connectivity index (χ1v) is 10.6. The molecular formula is C27H28O5. The van der Waals surface area contributed by atoms with Crippen molar-refractivity contribution in [3.05, 3.63) is 95.6 Å². The fraction of sp³-hybridized carbons (Fsp3) is 0.259. The molecule has 0 fully saturated rings. The molecule has 0 aliphatic carbocycles. The molecule has 0 radical (unpaired) electrons. The highest BCUT2D eigenvalue weighted by Crippen LogP contribution is 2.24. The van der Waals surface area contributed by atoms with Crippen molar-refractivity contribution in [1.29, 1.82) is 0 Å². The van der Waals surface area contributed by atoms with Crippen molar-refractivity contribution in [3.8, 4) is 11.5 Å². The molecule has 5 nitrogen and oxygen atoms in total. The molecule has 0 heterocycles.